The van der Waals surface area contributed by atoms with E-state index in [-0.39, 0.29) is 23.8 Å². The van der Waals surface area contributed by atoms with Crippen LogP contribution in [0.5, 0.6) is 17.2 Å². The lowest BCUT2D eigenvalue weighted by Gasteiger charge is -2.16. The Balaban J connectivity index is 1.69. The second kappa shape index (κ2) is 12.1. The third-order valence-corrected chi connectivity index (χ3v) is 6.72. The Hall–Kier alpha value is -4.25. The number of halogens is 1. The number of fused-ring (bicyclic) bond motifs is 1. The molecular weight excluding hydrogens is 568 g/mol. The number of hydrogen-bond acceptors (Lipinski definition) is 8. The van der Waals surface area contributed by atoms with E-state index in [2.05, 4.69) is 21.0 Å². The summed E-state index contributed by atoms with van der Waals surface area (Å²) in [6.07, 6.45) is 2.33. The van der Waals surface area contributed by atoms with E-state index in [9.17, 15) is 14.9 Å². The number of nitrogens with zero attached hydrogens (tertiary/aromatic N) is 4. The summed E-state index contributed by atoms with van der Waals surface area (Å²) in [5.41, 5.74) is 1.70. The number of aromatic nitrogens is 2. The third-order valence-electron chi connectivity index (χ3n) is 6.22. The number of methoxy groups -OCH3 is 2. The molecule has 0 aliphatic rings. The number of nitro benzene ring substituents is 1. The van der Waals surface area contributed by atoms with Crippen molar-refractivity contribution in [3.63, 3.8) is 0 Å². The van der Waals surface area contributed by atoms with Gasteiger partial charge in [0.25, 0.3) is 11.2 Å². The Morgan fingerprint density at radius 1 is 1.10 bits per heavy atom. The van der Waals surface area contributed by atoms with Crippen molar-refractivity contribution >= 4 is 38.7 Å². The summed E-state index contributed by atoms with van der Waals surface area (Å²) in [7, 11) is 3.01. The van der Waals surface area contributed by atoms with Gasteiger partial charge in [0.15, 0.2) is 11.5 Å². The predicted molar refractivity (Wildman–Crippen MR) is 152 cm³/mol. The molecule has 0 saturated carbocycles. The van der Waals surface area contributed by atoms with Crippen LogP contribution in [0.1, 0.15) is 43.1 Å². The van der Waals surface area contributed by atoms with Crippen LogP contribution >= 0.6 is 15.9 Å². The van der Waals surface area contributed by atoms with Crippen molar-refractivity contribution in [3.8, 4) is 17.2 Å². The molecule has 0 aliphatic carbocycles. The Labute approximate surface area is 233 Å². The van der Waals surface area contributed by atoms with E-state index in [0.717, 1.165) is 16.5 Å². The first-order valence-corrected chi connectivity index (χ1v) is 12.9. The molecule has 1 aromatic heterocycles. The first kappa shape index (κ1) is 27.8. The van der Waals surface area contributed by atoms with Crippen LogP contribution in [0.4, 0.5) is 5.69 Å². The Kier molecular flexibility index (Phi) is 8.60. The number of rotatable bonds is 10. The van der Waals surface area contributed by atoms with Crippen molar-refractivity contribution < 1.29 is 19.1 Å². The van der Waals surface area contributed by atoms with Gasteiger partial charge in [0, 0.05) is 28.1 Å². The summed E-state index contributed by atoms with van der Waals surface area (Å²) >= 11 is 3.42. The van der Waals surface area contributed by atoms with E-state index in [1.165, 1.54) is 31.0 Å². The minimum absolute atomic E-state index is 0.00201. The zero-order valence-corrected chi connectivity index (χ0v) is 23.5. The SMILES string of the molecule is CC[C@H](C)c1nc2ccc(Br)cc2c(=O)n1N=Cc1cc(OC)c(OCc2ccc([N+](=O)[O-])cc2)c(OC)c1. The highest BCUT2D eigenvalue weighted by Gasteiger charge is 2.17. The van der Waals surface area contributed by atoms with Gasteiger partial charge in [-0.05, 0) is 54.4 Å². The lowest BCUT2D eigenvalue weighted by molar-refractivity contribution is -0.384. The lowest BCUT2D eigenvalue weighted by atomic mass is 10.1. The van der Waals surface area contributed by atoms with Crippen molar-refractivity contribution in [1.82, 2.24) is 9.66 Å². The van der Waals surface area contributed by atoms with Crippen LogP contribution in [0.25, 0.3) is 10.9 Å². The van der Waals surface area contributed by atoms with Crippen LogP contribution in [0.3, 0.4) is 0 Å². The fraction of sp³-hybridized carbons (Fsp3) is 0.250. The highest BCUT2D eigenvalue weighted by atomic mass is 79.9. The van der Waals surface area contributed by atoms with Gasteiger partial charge in [0.05, 0.1) is 36.3 Å². The van der Waals surface area contributed by atoms with Gasteiger partial charge in [-0.1, -0.05) is 29.8 Å². The van der Waals surface area contributed by atoms with Gasteiger partial charge in [-0.15, -0.1) is 0 Å². The number of nitro groups is 1. The first-order chi connectivity index (χ1) is 18.7. The van der Waals surface area contributed by atoms with Gasteiger partial charge in [0.1, 0.15) is 12.4 Å². The van der Waals surface area contributed by atoms with Crippen LogP contribution in [0.2, 0.25) is 0 Å². The van der Waals surface area contributed by atoms with Crippen LogP contribution in [0, 0.1) is 10.1 Å². The molecule has 10 nitrogen and oxygen atoms in total. The Morgan fingerprint density at radius 2 is 1.77 bits per heavy atom. The maximum absolute atomic E-state index is 13.4. The molecular formula is C28H27BrN4O6. The molecule has 4 rings (SSSR count). The molecule has 0 fully saturated rings. The first-order valence-electron chi connectivity index (χ1n) is 12.1. The van der Waals surface area contributed by atoms with Crippen LogP contribution in [0.15, 0.2) is 69.0 Å². The summed E-state index contributed by atoms with van der Waals surface area (Å²) in [6, 6.07) is 14.9. The minimum Gasteiger partial charge on any atom is -0.493 e. The van der Waals surface area contributed by atoms with Crippen molar-refractivity contribution in [1.29, 1.82) is 0 Å². The van der Waals surface area contributed by atoms with E-state index in [4.69, 9.17) is 19.2 Å². The van der Waals surface area contributed by atoms with Crippen LogP contribution < -0.4 is 19.8 Å². The zero-order valence-electron chi connectivity index (χ0n) is 21.9. The molecule has 0 saturated heterocycles. The van der Waals surface area contributed by atoms with Gasteiger partial charge in [-0.3, -0.25) is 14.9 Å². The fourth-order valence-corrected chi connectivity index (χ4v) is 4.25. The van der Waals surface area contributed by atoms with Crippen LogP contribution in [-0.2, 0) is 6.61 Å². The Morgan fingerprint density at radius 3 is 2.36 bits per heavy atom. The monoisotopic (exact) mass is 594 g/mol. The Bertz CT molecular complexity index is 1580. The van der Waals surface area contributed by atoms with E-state index in [1.54, 1.807) is 36.5 Å². The maximum atomic E-state index is 13.4. The average molecular weight is 595 g/mol. The summed E-state index contributed by atoms with van der Waals surface area (Å²) < 4.78 is 19.2. The van der Waals surface area contributed by atoms with Gasteiger partial charge in [-0.25, -0.2) is 4.98 Å². The molecule has 11 heteroatoms. The quantitative estimate of drug-likeness (QED) is 0.124. The van der Waals surface area contributed by atoms with Gasteiger partial charge < -0.3 is 14.2 Å². The molecule has 0 N–H and O–H groups in total. The minimum atomic E-state index is -0.455. The van der Waals surface area contributed by atoms with Crippen molar-refractivity contribution in [2.75, 3.05) is 14.2 Å². The highest BCUT2D eigenvalue weighted by molar-refractivity contribution is 9.10. The molecule has 202 valence electrons. The molecule has 39 heavy (non-hydrogen) atoms. The summed E-state index contributed by atoms with van der Waals surface area (Å²) in [6.45, 7) is 4.17. The van der Waals surface area contributed by atoms with E-state index < -0.39 is 4.92 Å². The molecule has 0 aliphatic heterocycles. The number of benzene rings is 3. The maximum Gasteiger partial charge on any atom is 0.282 e. The topological polar surface area (TPSA) is 118 Å². The van der Waals surface area contributed by atoms with Gasteiger partial charge >= 0.3 is 0 Å². The van der Waals surface area contributed by atoms with E-state index >= 15 is 0 Å². The molecule has 1 heterocycles. The normalized spacial score (nSPS) is 12.0. The second-order valence-corrected chi connectivity index (χ2v) is 9.68. The van der Waals surface area contributed by atoms with Crippen LogP contribution in [-0.4, -0.2) is 35.0 Å². The molecule has 0 radical (unpaired) electrons. The smallest absolute Gasteiger partial charge is 0.282 e. The van der Waals surface area contributed by atoms with E-state index in [0.29, 0.717) is 39.5 Å². The second-order valence-electron chi connectivity index (χ2n) is 8.77. The number of ether oxygens (including phenoxy) is 3. The van der Waals surface area contributed by atoms with Gasteiger partial charge in [-0.2, -0.15) is 9.78 Å². The number of non-ortho nitro benzene ring substituents is 1. The summed E-state index contributed by atoms with van der Waals surface area (Å²) in [4.78, 5) is 28.6. The van der Waals surface area contributed by atoms with Crippen molar-refractivity contribution in [2.24, 2.45) is 5.10 Å². The highest BCUT2D eigenvalue weighted by Crippen LogP contribution is 2.39. The van der Waals surface area contributed by atoms with Crippen molar-refractivity contribution in [2.45, 2.75) is 32.8 Å². The predicted octanol–water partition coefficient (Wildman–Crippen LogP) is 6.06. The average Bonchev–Trinajstić information content (AvgIpc) is 2.95. The zero-order chi connectivity index (χ0) is 28.1. The molecule has 0 amide bonds. The summed E-state index contributed by atoms with van der Waals surface area (Å²) in [5.74, 6) is 1.73. The summed E-state index contributed by atoms with van der Waals surface area (Å²) in [5, 5.41) is 15.9. The van der Waals surface area contributed by atoms with Gasteiger partial charge in [0.2, 0.25) is 5.75 Å². The molecule has 1 atom stereocenters. The van der Waals surface area contributed by atoms with Crippen molar-refractivity contribution in [3.05, 3.63) is 96.5 Å². The molecule has 0 unspecified atom stereocenters. The largest absolute Gasteiger partial charge is 0.493 e. The fourth-order valence-electron chi connectivity index (χ4n) is 3.89. The standard InChI is InChI=1S/C28H27BrN4O6/c1-5-17(2)27-31-23-11-8-20(29)14-22(23)28(34)32(27)30-15-19-12-24(37-3)26(25(13-19)38-4)39-16-18-6-9-21(10-7-18)33(35)36/h6-15,17H,5,16H2,1-4H3/t17-/m0/s1. The molecule has 4 aromatic rings. The molecule has 3 aromatic carbocycles. The van der Waals surface area contributed by atoms with E-state index in [1.807, 2.05) is 26.0 Å². The molecule has 0 bridgehead atoms. The molecule has 0 spiro atoms. The lowest BCUT2D eigenvalue weighted by Crippen LogP contribution is -2.23. The third kappa shape index (κ3) is 6.09. The number of hydrogen-bond donors (Lipinski definition) is 0.